The van der Waals surface area contributed by atoms with Crippen LogP contribution in [0.25, 0.3) is 0 Å². The smallest absolute Gasteiger partial charge is 0.162 e. The van der Waals surface area contributed by atoms with Crippen molar-refractivity contribution in [3.8, 4) is 0 Å². The second-order valence-electron chi connectivity index (χ2n) is 0.214. The van der Waals surface area contributed by atoms with Gasteiger partial charge in [0.05, 0.1) is 0 Å². The Kier molecular flexibility index (Phi) is 7.99. The summed E-state index contributed by atoms with van der Waals surface area (Å²) < 4.78 is 28.8. The first-order chi connectivity index (χ1) is 1.73. The SMILES string of the molecule is F[C](F)F.[Rh]. The Balaban J connectivity index is 0. The molecular formula is CF3Rh. The fourth-order valence-electron chi connectivity index (χ4n) is 0. The molecule has 0 aliphatic rings. The molecule has 0 aromatic rings. The van der Waals surface area contributed by atoms with Gasteiger partial charge < -0.3 is 0 Å². The minimum Gasteiger partial charge on any atom is -0.162 e. The summed E-state index contributed by atoms with van der Waals surface area (Å²) >= 11 is 0. The van der Waals surface area contributed by atoms with Gasteiger partial charge in [-0.25, -0.2) is 0 Å². The summed E-state index contributed by atoms with van der Waals surface area (Å²) in [5.41, 5.74) is 0. The van der Waals surface area contributed by atoms with Gasteiger partial charge in [0.2, 0.25) is 0 Å². The van der Waals surface area contributed by atoms with Gasteiger partial charge in [-0.3, -0.25) is 0 Å². The van der Waals surface area contributed by atoms with Crippen LogP contribution in [0.3, 0.4) is 0 Å². The second kappa shape index (κ2) is 4.41. The van der Waals surface area contributed by atoms with E-state index < -0.39 is 6.68 Å². The molecule has 0 aliphatic heterocycles. The van der Waals surface area contributed by atoms with E-state index in [2.05, 4.69) is 0 Å². The van der Waals surface area contributed by atoms with Crippen molar-refractivity contribution >= 4 is 0 Å². The van der Waals surface area contributed by atoms with Crippen LogP contribution in [0.4, 0.5) is 13.2 Å². The van der Waals surface area contributed by atoms with Crippen LogP contribution in [0, 0.1) is 6.68 Å². The van der Waals surface area contributed by atoms with Gasteiger partial charge in [-0.05, 0) is 0 Å². The predicted octanol–water partition coefficient (Wildman–Crippen LogP) is 1.34. The minimum absolute atomic E-state index is 0. The average Bonchev–Trinajstić information content (AvgIpc) is 0.811. The van der Waals surface area contributed by atoms with Gasteiger partial charge in [0.25, 0.3) is 0 Å². The van der Waals surface area contributed by atoms with E-state index in [9.17, 15) is 13.2 Å². The molecule has 2 radical (unpaired) electrons. The molecule has 0 heterocycles. The van der Waals surface area contributed by atoms with E-state index >= 15 is 0 Å². The summed E-state index contributed by atoms with van der Waals surface area (Å²) in [6, 6.07) is 0. The standard InChI is InChI=1S/CF3.Rh/c2-1(3)4;. The summed E-state index contributed by atoms with van der Waals surface area (Å²) in [7, 11) is 0. The molecule has 0 aromatic carbocycles. The van der Waals surface area contributed by atoms with Crippen molar-refractivity contribution < 1.29 is 32.6 Å². The Morgan fingerprint density at radius 1 is 1.00 bits per heavy atom. The van der Waals surface area contributed by atoms with Gasteiger partial charge in [-0.1, -0.05) is 0 Å². The van der Waals surface area contributed by atoms with E-state index in [1.165, 1.54) is 0 Å². The van der Waals surface area contributed by atoms with Crippen molar-refractivity contribution in [2.45, 2.75) is 0 Å². The summed E-state index contributed by atoms with van der Waals surface area (Å²) in [5.74, 6) is 0. The third-order valence-corrected chi connectivity index (χ3v) is 0. The van der Waals surface area contributed by atoms with Gasteiger partial charge in [-0.15, -0.1) is 0 Å². The molecule has 4 heteroatoms. The molecule has 5 heavy (non-hydrogen) atoms. The van der Waals surface area contributed by atoms with E-state index in [0.29, 0.717) is 0 Å². The zero-order valence-corrected chi connectivity index (χ0v) is 3.61. The summed E-state index contributed by atoms with van der Waals surface area (Å²) in [5, 5.41) is 0. The molecule has 0 unspecified atom stereocenters. The van der Waals surface area contributed by atoms with Crippen LogP contribution in [0.1, 0.15) is 0 Å². The first-order valence-corrected chi connectivity index (χ1v) is 0.567. The molecule has 0 amide bonds. The summed E-state index contributed by atoms with van der Waals surface area (Å²) in [6.45, 7) is -3.08. The number of halogens is 3. The molecule has 0 saturated heterocycles. The van der Waals surface area contributed by atoms with E-state index in [1.54, 1.807) is 0 Å². The molecule has 0 atom stereocenters. The van der Waals surface area contributed by atoms with E-state index in [1.807, 2.05) is 0 Å². The normalized spacial score (nSPS) is 7.20. The molecule has 34 valence electrons. The van der Waals surface area contributed by atoms with Gasteiger partial charge >= 0.3 is 6.68 Å². The minimum atomic E-state index is -3.08. The molecule has 0 nitrogen and oxygen atoms in total. The van der Waals surface area contributed by atoms with Crippen LogP contribution >= 0.6 is 0 Å². The van der Waals surface area contributed by atoms with Crippen LogP contribution in [0.15, 0.2) is 0 Å². The number of rotatable bonds is 0. The van der Waals surface area contributed by atoms with Crippen LogP contribution in [-0.4, -0.2) is 0 Å². The van der Waals surface area contributed by atoms with Gasteiger partial charge in [0.1, 0.15) is 0 Å². The Morgan fingerprint density at radius 3 is 1.00 bits per heavy atom. The third-order valence-electron chi connectivity index (χ3n) is 0. The van der Waals surface area contributed by atoms with Gasteiger partial charge in [-0.2, -0.15) is 13.2 Å². The zero-order valence-electron chi connectivity index (χ0n) is 1.97. The summed E-state index contributed by atoms with van der Waals surface area (Å²) in [4.78, 5) is 0. The molecule has 0 aromatic heterocycles. The first kappa shape index (κ1) is 9.05. The molecule has 0 rings (SSSR count). The quantitative estimate of drug-likeness (QED) is 0.483. The molecular weight excluding hydrogens is 172 g/mol. The van der Waals surface area contributed by atoms with Gasteiger partial charge in [0, 0.05) is 19.5 Å². The van der Waals surface area contributed by atoms with Crippen molar-refractivity contribution in [3.63, 3.8) is 0 Å². The number of hydrogen-bond acceptors (Lipinski definition) is 0. The number of hydrogen-bond donors (Lipinski definition) is 0. The molecule has 0 bridgehead atoms. The van der Waals surface area contributed by atoms with Crippen molar-refractivity contribution in [2.75, 3.05) is 0 Å². The molecule has 0 saturated carbocycles. The van der Waals surface area contributed by atoms with Crippen molar-refractivity contribution in [1.29, 1.82) is 0 Å². The van der Waals surface area contributed by atoms with Crippen LogP contribution < -0.4 is 0 Å². The molecule has 0 fully saturated rings. The third kappa shape index (κ3) is 150. The van der Waals surface area contributed by atoms with Crippen molar-refractivity contribution in [3.05, 3.63) is 6.68 Å². The molecule has 0 N–H and O–H groups in total. The largest absolute Gasteiger partial charge is 0.487 e. The maximum absolute atomic E-state index is 9.58. The van der Waals surface area contributed by atoms with Crippen LogP contribution in [0.5, 0.6) is 0 Å². The van der Waals surface area contributed by atoms with E-state index in [4.69, 9.17) is 0 Å². The van der Waals surface area contributed by atoms with Crippen molar-refractivity contribution in [2.24, 2.45) is 0 Å². The molecule has 0 spiro atoms. The first-order valence-electron chi connectivity index (χ1n) is 0.567. The fourth-order valence-corrected chi connectivity index (χ4v) is 0. The fraction of sp³-hybridized carbons (Fsp3) is 0. The van der Waals surface area contributed by atoms with Crippen LogP contribution in [-0.2, 0) is 19.5 Å². The predicted molar refractivity (Wildman–Crippen MR) is 6.57 cm³/mol. The Hall–Kier alpha value is 0.413. The monoisotopic (exact) mass is 172 g/mol. The Bertz CT molecular complexity index is 11.6. The van der Waals surface area contributed by atoms with Gasteiger partial charge in [0.15, 0.2) is 0 Å². The Labute approximate surface area is 40.1 Å². The van der Waals surface area contributed by atoms with Crippen LogP contribution in [0.2, 0.25) is 0 Å². The molecule has 0 aliphatic carbocycles. The van der Waals surface area contributed by atoms with E-state index in [0.717, 1.165) is 0 Å². The Morgan fingerprint density at radius 2 is 1.00 bits per heavy atom. The second-order valence-corrected chi connectivity index (χ2v) is 0.214. The zero-order chi connectivity index (χ0) is 3.58. The van der Waals surface area contributed by atoms with E-state index in [-0.39, 0.29) is 19.5 Å². The maximum Gasteiger partial charge on any atom is 0.487 e. The van der Waals surface area contributed by atoms with Crippen molar-refractivity contribution in [1.82, 2.24) is 0 Å². The topological polar surface area (TPSA) is 0 Å². The summed E-state index contributed by atoms with van der Waals surface area (Å²) in [6.07, 6.45) is 0. The maximum atomic E-state index is 9.58. The average molecular weight is 172 g/mol.